The summed E-state index contributed by atoms with van der Waals surface area (Å²) in [6.07, 6.45) is 5.49. The first-order valence-electron chi connectivity index (χ1n) is 7.07. The van der Waals surface area contributed by atoms with Crippen LogP contribution in [0.1, 0.15) is 19.3 Å². The second-order valence-corrected chi connectivity index (χ2v) is 5.64. The standard InChI is InChI=1S/C14H27N3O/c1-15-14(12-5-4-8-18-11-12)9-13-10-16(2)6-7-17(13)3/h11,13-15H,4-10H2,1-3H3. The van der Waals surface area contributed by atoms with E-state index in [4.69, 9.17) is 4.74 Å². The summed E-state index contributed by atoms with van der Waals surface area (Å²) >= 11 is 0. The van der Waals surface area contributed by atoms with E-state index >= 15 is 0 Å². The van der Waals surface area contributed by atoms with Crippen molar-refractivity contribution < 1.29 is 4.74 Å². The highest BCUT2D eigenvalue weighted by atomic mass is 16.5. The molecule has 0 aromatic carbocycles. The predicted octanol–water partition coefficient (Wildman–Crippen LogP) is 0.905. The van der Waals surface area contributed by atoms with Gasteiger partial charge in [0.2, 0.25) is 0 Å². The van der Waals surface area contributed by atoms with Crippen LogP contribution in [0.3, 0.4) is 0 Å². The van der Waals surface area contributed by atoms with E-state index in [1.165, 1.54) is 38.0 Å². The lowest BCUT2D eigenvalue weighted by molar-refractivity contribution is 0.103. The predicted molar refractivity (Wildman–Crippen MR) is 74.6 cm³/mol. The van der Waals surface area contributed by atoms with Crippen molar-refractivity contribution in [3.63, 3.8) is 0 Å². The molecule has 4 nitrogen and oxygen atoms in total. The minimum Gasteiger partial charge on any atom is -0.501 e. The van der Waals surface area contributed by atoms with Gasteiger partial charge < -0.3 is 19.9 Å². The van der Waals surface area contributed by atoms with Crippen LogP contribution in [0.4, 0.5) is 0 Å². The van der Waals surface area contributed by atoms with Gasteiger partial charge >= 0.3 is 0 Å². The molecule has 1 saturated heterocycles. The van der Waals surface area contributed by atoms with Crippen molar-refractivity contribution in [3.05, 3.63) is 11.8 Å². The number of ether oxygens (including phenoxy) is 1. The number of hydrogen-bond donors (Lipinski definition) is 1. The van der Waals surface area contributed by atoms with Crippen LogP contribution in [0.2, 0.25) is 0 Å². The Morgan fingerprint density at radius 2 is 2.28 bits per heavy atom. The van der Waals surface area contributed by atoms with Gasteiger partial charge in [-0.3, -0.25) is 0 Å². The summed E-state index contributed by atoms with van der Waals surface area (Å²) < 4.78 is 5.48. The summed E-state index contributed by atoms with van der Waals surface area (Å²) in [5, 5.41) is 3.46. The molecule has 0 aromatic heterocycles. The molecule has 4 heteroatoms. The van der Waals surface area contributed by atoms with E-state index in [1.807, 2.05) is 6.26 Å². The maximum absolute atomic E-state index is 5.48. The molecule has 1 fully saturated rings. The molecule has 18 heavy (non-hydrogen) atoms. The average Bonchev–Trinajstić information content (AvgIpc) is 2.41. The van der Waals surface area contributed by atoms with Gasteiger partial charge in [-0.25, -0.2) is 0 Å². The SMILES string of the molecule is CNC(CC1CN(C)CCN1C)C1=COCCC1. The van der Waals surface area contributed by atoms with Crippen molar-refractivity contribution in [2.24, 2.45) is 0 Å². The van der Waals surface area contributed by atoms with Gasteiger partial charge in [0.05, 0.1) is 12.9 Å². The first-order chi connectivity index (χ1) is 8.70. The minimum absolute atomic E-state index is 0.462. The van der Waals surface area contributed by atoms with Crippen molar-refractivity contribution in [3.8, 4) is 0 Å². The van der Waals surface area contributed by atoms with E-state index in [1.54, 1.807) is 0 Å². The average molecular weight is 253 g/mol. The molecule has 2 atom stereocenters. The van der Waals surface area contributed by atoms with Gasteiger partial charge in [0, 0.05) is 31.7 Å². The van der Waals surface area contributed by atoms with Crippen LogP contribution in [0.15, 0.2) is 11.8 Å². The zero-order chi connectivity index (χ0) is 13.0. The summed E-state index contributed by atoms with van der Waals surface area (Å²) in [6.45, 7) is 4.41. The van der Waals surface area contributed by atoms with Gasteiger partial charge in [0.15, 0.2) is 0 Å². The topological polar surface area (TPSA) is 27.7 Å². The summed E-state index contributed by atoms with van der Waals surface area (Å²) in [4.78, 5) is 4.93. The molecule has 0 aliphatic carbocycles. The van der Waals surface area contributed by atoms with E-state index in [0.29, 0.717) is 12.1 Å². The van der Waals surface area contributed by atoms with Crippen molar-refractivity contribution >= 4 is 0 Å². The maximum atomic E-state index is 5.48. The zero-order valence-electron chi connectivity index (χ0n) is 12.0. The van der Waals surface area contributed by atoms with Gasteiger partial charge in [-0.15, -0.1) is 0 Å². The van der Waals surface area contributed by atoms with Crippen LogP contribution in [-0.4, -0.2) is 69.3 Å². The molecule has 0 aromatic rings. The molecule has 0 radical (unpaired) electrons. The normalized spacial score (nSPS) is 28.6. The molecule has 2 aliphatic heterocycles. The van der Waals surface area contributed by atoms with Crippen molar-refractivity contribution in [1.82, 2.24) is 15.1 Å². The number of hydrogen-bond acceptors (Lipinski definition) is 4. The monoisotopic (exact) mass is 253 g/mol. The fraction of sp³-hybridized carbons (Fsp3) is 0.857. The van der Waals surface area contributed by atoms with Gasteiger partial charge in [0.25, 0.3) is 0 Å². The summed E-state index contributed by atoms with van der Waals surface area (Å²) in [6, 6.07) is 1.10. The van der Waals surface area contributed by atoms with E-state index in [-0.39, 0.29) is 0 Å². The zero-order valence-corrected chi connectivity index (χ0v) is 12.0. The first kappa shape index (κ1) is 13.8. The molecule has 2 heterocycles. The van der Waals surface area contributed by atoms with Crippen LogP contribution >= 0.6 is 0 Å². The smallest absolute Gasteiger partial charge is 0.0876 e. The number of piperazine rings is 1. The minimum atomic E-state index is 0.462. The lowest BCUT2D eigenvalue weighted by Crippen LogP contribution is -2.52. The molecule has 104 valence electrons. The molecule has 2 rings (SSSR count). The third kappa shape index (κ3) is 3.46. The van der Waals surface area contributed by atoms with Crippen molar-refractivity contribution in [2.45, 2.75) is 31.3 Å². The third-order valence-corrected chi connectivity index (χ3v) is 4.25. The fourth-order valence-corrected chi connectivity index (χ4v) is 2.92. The Balaban J connectivity index is 1.94. The second kappa shape index (κ2) is 6.55. The summed E-state index contributed by atoms with van der Waals surface area (Å²) in [5.74, 6) is 0. The first-order valence-corrected chi connectivity index (χ1v) is 7.07. The summed E-state index contributed by atoms with van der Waals surface area (Å²) in [5.41, 5.74) is 1.44. The largest absolute Gasteiger partial charge is 0.501 e. The highest BCUT2D eigenvalue weighted by molar-refractivity contribution is 5.10. The molecule has 0 spiro atoms. The van der Waals surface area contributed by atoms with Crippen LogP contribution in [0.5, 0.6) is 0 Å². The second-order valence-electron chi connectivity index (χ2n) is 5.64. The Hall–Kier alpha value is -0.580. The molecule has 0 saturated carbocycles. The van der Waals surface area contributed by atoms with E-state index in [9.17, 15) is 0 Å². The number of nitrogens with one attached hydrogen (secondary N) is 1. The Kier molecular flexibility index (Phi) is 5.03. The molecule has 0 amide bonds. The van der Waals surface area contributed by atoms with E-state index < -0.39 is 0 Å². The van der Waals surface area contributed by atoms with Crippen molar-refractivity contribution in [1.29, 1.82) is 0 Å². The Morgan fingerprint density at radius 1 is 1.44 bits per heavy atom. The maximum Gasteiger partial charge on any atom is 0.0876 e. The fourth-order valence-electron chi connectivity index (χ4n) is 2.92. The quantitative estimate of drug-likeness (QED) is 0.806. The molecule has 0 bridgehead atoms. The van der Waals surface area contributed by atoms with Gasteiger partial charge in [0.1, 0.15) is 0 Å². The molecule has 2 unspecified atom stereocenters. The number of rotatable bonds is 4. The lowest BCUT2D eigenvalue weighted by atomic mass is 9.94. The molecular weight excluding hydrogens is 226 g/mol. The van der Waals surface area contributed by atoms with Gasteiger partial charge in [-0.1, -0.05) is 0 Å². The van der Waals surface area contributed by atoms with E-state index in [0.717, 1.165) is 13.0 Å². The van der Waals surface area contributed by atoms with Crippen LogP contribution in [0.25, 0.3) is 0 Å². The third-order valence-electron chi connectivity index (χ3n) is 4.25. The van der Waals surface area contributed by atoms with E-state index in [2.05, 4.69) is 36.3 Å². The Labute approximate surface area is 111 Å². The Bertz CT molecular complexity index is 293. The summed E-state index contributed by atoms with van der Waals surface area (Å²) in [7, 11) is 6.53. The highest BCUT2D eigenvalue weighted by Crippen LogP contribution is 2.21. The Morgan fingerprint density at radius 3 is 2.94 bits per heavy atom. The number of nitrogens with zero attached hydrogens (tertiary/aromatic N) is 2. The van der Waals surface area contributed by atoms with Crippen molar-refractivity contribution in [2.75, 3.05) is 47.4 Å². The molecule has 1 N–H and O–H groups in total. The molecule has 2 aliphatic rings. The molecular formula is C14H27N3O. The highest BCUT2D eigenvalue weighted by Gasteiger charge is 2.26. The number of likely N-dealkylation sites (N-methyl/N-ethyl adjacent to an activating group) is 3. The lowest BCUT2D eigenvalue weighted by Gasteiger charge is -2.39. The van der Waals surface area contributed by atoms with Gasteiger partial charge in [-0.2, -0.15) is 0 Å². The van der Waals surface area contributed by atoms with Gasteiger partial charge in [-0.05, 0) is 46.0 Å². The van der Waals surface area contributed by atoms with Crippen LogP contribution < -0.4 is 5.32 Å². The van der Waals surface area contributed by atoms with Crippen LogP contribution in [0, 0.1) is 0 Å². The van der Waals surface area contributed by atoms with Crippen LogP contribution in [-0.2, 0) is 4.74 Å².